The molecule has 5 heteroatoms. The van der Waals surface area contributed by atoms with E-state index in [4.69, 9.17) is 4.74 Å². The Bertz CT molecular complexity index is 830. The van der Waals surface area contributed by atoms with Crippen LogP contribution in [0.25, 0.3) is 10.9 Å². The molecule has 3 rings (SSSR count). The quantitative estimate of drug-likeness (QED) is 0.619. The van der Waals surface area contributed by atoms with Crippen molar-refractivity contribution in [3.05, 3.63) is 66.4 Å². The second-order valence-electron chi connectivity index (χ2n) is 5.27. The van der Waals surface area contributed by atoms with Crippen LogP contribution < -0.4 is 4.74 Å². The lowest BCUT2D eigenvalue weighted by Gasteiger charge is -2.19. The smallest absolute Gasteiger partial charge is 0.395 e. The molecule has 0 radical (unpaired) electrons. The van der Waals surface area contributed by atoms with Crippen LogP contribution in [-0.4, -0.2) is 11.2 Å². The SMILES string of the molecule is CC(c1ccccc1Oc1cnc2ccccc2c1)C(F)(F)F. The van der Waals surface area contributed by atoms with Crippen LogP contribution in [0.5, 0.6) is 11.5 Å². The second-order valence-corrected chi connectivity index (χ2v) is 5.27. The molecule has 0 fully saturated rings. The van der Waals surface area contributed by atoms with Crippen molar-refractivity contribution >= 4 is 10.9 Å². The first-order valence-corrected chi connectivity index (χ1v) is 7.13. The lowest BCUT2D eigenvalue weighted by molar-refractivity contribution is -0.146. The van der Waals surface area contributed by atoms with Crippen LogP contribution in [0.3, 0.4) is 0 Å². The zero-order valence-corrected chi connectivity index (χ0v) is 12.3. The highest BCUT2D eigenvalue weighted by Crippen LogP contribution is 2.39. The van der Waals surface area contributed by atoms with Crippen LogP contribution in [0, 0.1) is 0 Å². The summed E-state index contributed by atoms with van der Waals surface area (Å²) in [5.41, 5.74) is 0.907. The van der Waals surface area contributed by atoms with Crippen molar-refractivity contribution in [2.45, 2.75) is 19.0 Å². The number of fused-ring (bicyclic) bond motifs is 1. The minimum absolute atomic E-state index is 0.105. The Morgan fingerprint density at radius 3 is 2.48 bits per heavy atom. The molecule has 0 aliphatic heterocycles. The third kappa shape index (κ3) is 3.28. The summed E-state index contributed by atoms with van der Waals surface area (Å²) in [5.74, 6) is -1.01. The van der Waals surface area contributed by atoms with Crippen molar-refractivity contribution < 1.29 is 17.9 Å². The molecule has 0 saturated heterocycles. The fourth-order valence-corrected chi connectivity index (χ4v) is 2.34. The molecule has 1 unspecified atom stereocenters. The van der Waals surface area contributed by atoms with Crippen LogP contribution >= 0.6 is 0 Å². The Morgan fingerprint density at radius 1 is 1.00 bits per heavy atom. The molecule has 0 N–H and O–H groups in total. The number of nitrogens with zero attached hydrogens (tertiary/aromatic N) is 1. The number of hydrogen-bond acceptors (Lipinski definition) is 2. The Hall–Kier alpha value is -2.56. The van der Waals surface area contributed by atoms with Gasteiger partial charge in [-0.1, -0.05) is 36.4 Å². The van der Waals surface area contributed by atoms with Gasteiger partial charge in [0.1, 0.15) is 11.5 Å². The lowest BCUT2D eigenvalue weighted by atomic mass is 10.00. The van der Waals surface area contributed by atoms with Crippen LogP contribution in [0.4, 0.5) is 13.2 Å². The van der Waals surface area contributed by atoms with Crippen molar-refractivity contribution in [3.8, 4) is 11.5 Å². The van der Waals surface area contributed by atoms with E-state index in [1.807, 2.05) is 24.3 Å². The first kappa shape index (κ1) is 15.3. The number of alkyl halides is 3. The molecule has 1 aromatic heterocycles. The molecule has 3 aromatic rings. The number of rotatable bonds is 3. The maximum Gasteiger partial charge on any atom is 0.395 e. The number of benzene rings is 2. The van der Waals surface area contributed by atoms with Gasteiger partial charge in [-0.3, -0.25) is 4.98 Å². The number of aromatic nitrogens is 1. The van der Waals surface area contributed by atoms with Gasteiger partial charge in [0.15, 0.2) is 0 Å². The van der Waals surface area contributed by atoms with E-state index in [0.29, 0.717) is 5.75 Å². The van der Waals surface area contributed by atoms with E-state index in [1.165, 1.54) is 18.3 Å². The fourth-order valence-electron chi connectivity index (χ4n) is 2.34. The first-order chi connectivity index (χ1) is 10.9. The van der Waals surface area contributed by atoms with E-state index in [9.17, 15) is 13.2 Å². The molecule has 0 aliphatic rings. The van der Waals surface area contributed by atoms with Crippen LogP contribution in [0.1, 0.15) is 18.4 Å². The summed E-state index contributed by atoms with van der Waals surface area (Å²) in [4.78, 5) is 4.25. The average Bonchev–Trinajstić information content (AvgIpc) is 2.54. The molecule has 0 aliphatic carbocycles. The average molecular weight is 317 g/mol. The molecule has 0 bridgehead atoms. The number of ether oxygens (including phenoxy) is 1. The summed E-state index contributed by atoms with van der Waals surface area (Å²) >= 11 is 0. The second kappa shape index (κ2) is 5.91. The number of pyridine rings is 1. The van der Waals surface area contributed by atoms with Crippen molar-refractivity contribution in [1.82, 2.24) is 4.98 Å². The highest BCUT2D eigenvalue weighted by molar-refractivity contribution is 5.79. The molecule has 23 heavy (non-hydrogen) atoms. The van der Waals surface area contributed by atoms with Gasteiger partial charge in [-0.2, -0.15) is 13.2 Å². The number of para-hydroxylation sites is 2. The summed E-state index contributed by atoms with van der Waals surface area (Å²) < 4.78 is 44.7. The predicted octanol–water partition coefficient (Wildman–Crippen LogP) is 5.69. The van der Waals surface area contributed by atoms with Crippen molar-refractivity contribution in [1.29, 1.82) is 0 Å². The molecular formula is C18H14F3NO. The molecule has 2 aromatic carbocycles. The van der Waals surface area contributed by atoms with Gasteiger partial charge in [0.25, 0.3) is 0 Å². The summed E-state index contributed by atoms with van der Waals surface area (Å²) in [6.07, 6.45) is -2.81. The minimum Gasteiger partial charge on any atom is -0.455 e. The largest absolute Gasteiger partial charge is 0.455 e. The summed E-state index contributed by atoms with van der Waals surface area (Å²) in [7, 11) is 0. The van der Waals surface area contributed by atoms with Gasteiger partial charge in [0.2, 0.25) is 0 Å². The van der Waals surface area contributed by atoms with E-state index in [-0.39, 0.29) is 11.3 Å². The monoisotopic (exact) mass is 317 g/mol. The van der Waals surface area contributed by atoms with Gasteiger partial charge < -0.3 is 4.74 Å². The van der Waals surface area contributed by atoms with E-state index in [0.717, 1.165) is 17.8 Å². The van der Waals surface area contributed by atoms with Crippen molar-refractivity contribution in [3.63, 3.8) is 0 Å². The summed E-state index contributed by atoms with van der Waals surface area (Å²) in [5, 5.41) is 0.867. The Balaban J connectivity index is 1.96. The summed E-state index contributed by atoms with van der Waals surface area (Å²) in [6.45, 7) is 1.13. The van der Waals surface area contributed by atoms with Crippen molar-refractivity contribution in [2.75, 3.05) is 0 Å². The lowest BCUT2D eigenvalue weighted by Crippen LogP contribution is -2.18. The molecule has 0 spiro atoms. The Morgan fingerprint density at radius 2 is 1.70 bits per heavy atom. The van der Waals surface area contributed by atoms with E-state index < -0.39 is 12.1 Å². The number of halogens is 3. The predicted molar refractivity (Wildman–Crippen MR) is 82.7 cm³/mol. The molecule has 0 amide bonds. The maximum absolute atomic E-state index is 13.0. The zero-order chi connectivity index (χ0) is 16.4. The first-order valence-electron chi connectivity index (χ1n) is 7.13. The molecule has 0 saturated carbocycles. The summed E-state index contributed by atoms with van der Waals surface area (Å²) in [6, 6.07) is 15.4. The molecular weight excluding hydrogens is 303 g/mol. The third-order valence-electron chi connectivity index (χ3n) is 3.67. The van der Waals surface area contributed by atoms with Crippen LogP contribution in [0.15, 0.2) is 60.8 Å². The van der Waals surface area contributed by atoms with Gasteiger partial charge in [0.05, 0.1) is 17.6 Å². The van der Waals surface area contributed by atoms with E-state index in [2.05, 4.69) is 4.98 Å². The Labute approximate surface area is 131 Å². The van der Waals surface area contributed by atoms with Crippen LogP contribution in [0.2, 0.25) is 0 Å². The van der Waals surface area contributed by atoms with E-state index in [1.54, 1.807) is 18.2 Å². The van der Waals surface area contributed by atoms with Gasteiger partial charge in [-0.15, -0.1) is 0 Å². The highest BCUT2D eigenvalue weighted by atomic mass is 19.4. The van der Waals surface area contributed by atoms with Crippen molar-refractivity contribution in [2.24, 2.45) is 0 Å². The fraction of sp³-hybridized carbons (Fsp3) is 0.167. The zero-order valence-electron chi connectivity index (χ0n) is 12.3. The van der Waals surface area contributed by atoms with Gasteiger partial charge in [-0.05, 0) is 25.1 Å². The number of hydrogen-bond donors (Lipinski definition) is 0. The topological polar surface area (TPSA) is 22.1 Å². The van der Waals surface area contributed by atoms with Gasteiger partial charge in [-0.25, -0.2) is 0 Å². The van der Waals surface area contributed by atoms with Gasteiger partial charge >= 0.3 is 6.18 Å². The van der Waals surface area contributed by atoms with Crippen LogP contribution in [-0.2, 0) is 0 Å². The normalized spacial score (nSPS) is 13.0. The minimum atomic E-state index is -4.32. The molecule has 1 heterocycles. The standard InChI is InChI=1S/C18H14F3NO/c1-12(18(19,20)21)15-7-3-5-9-17(15)23-14-10-13-6-2-4-8-16(13)22-11-14/h2-12H,1H3. The molecule has 118 valence electrons. The van der Waals surface area contributed by atoms with E-state index >= 15 is 0 Å². The maximum atomic E-state index is 13.0. The Kier molecular flexibility index (Phi) is 3.94. The van der Waals surface area contributed by atoms with Gasteiger partial charge in [0, 0.05) is 10.9 Å². The highest BCUT2D eigenvalue weighted by Gasteiger charge is 2.38. The third-order valence-corrected chi connectivity index (χ3v) is 3.67. The molecule has 1 atom stereocenters. The molecule has 2 nitrogen and oxygen atoms in total.